The van der Waals surface area contributed by atoms with Crippen molar-refractivity contribution in [2.24, 2.45) is 0 Å². The monoisotopic (exact) mass is 225 g/mol. The zero-order valence-electron chi connectivity index (χ0n) is 9.47. The van der Waals surface area contributed by atoms with Gasteiger partial charge in [-0.25, -0.2) is 8.78 Å². The Kier molecular flexibility index (Phi) is 3.54. The summed E-state index contributed by atoms with van der Waals surface area (Å²) in [6.07, 6.45) is 3.78. The Labute approximate surface area is 94.9 Å². The van der Waals surface area contributed by atoms with Crippen molar-refractivity contribution in [1.82, 2.24) is 5.32 Å². The Morgan fingerprint density at radius 1 is 1.31 bits per heavy atom. The van der Waals surface area contributed by atoms with E-state index in [9.17, 15) is 8.78 Å². The van der Waals surface area contributed by atoms with Gasteiger partial charge in [-0.05, 0) is 36.5 Å². The maximum Gasteiger partial charge on any atom is 0.159 e. The summed E-state index contributed by atoms with van der Waals surface area (Å²) >= 11 is 0. The van der Waals surface area contributed by atoms with E-state index in [4.69, 9.17) is 0 Å². The maximum absolute atomic E-state index is 13.0. The predicted molar refractivity (Wildman–Crippen MR) is 60.4 cm³/mol. The number of hydrogen-bond donors (Lipinski definition) is 1. The molecule has 0 radical (unpaired) electrons. The molecule has 0 aromatic heterocycles. The minimum atomic E-state index is -0.775. The second kappa shape index (κ2) is 4.91. The topological polar surface area (TPSA) is 12.0 Å². The van der Waals surface area contributed by atoms with Crippen molar-refractivity contribution in [3.63, 3.8) is 0 Å². The molecule has 0 bridgehead atoms. The Hall–Kier alpha value is -0.960. The van der Waals surface area contributed by atoms with Crippen LogP contribution in [-0.4, -0.2) is 12.6 Å². The zero-order valence-corrected chi connectivity index (χ0v) is 9.47. The molecule has 0 saturated heterocycles. The molecule has 1 aliphatic rings. The molecule has 1 saturated carbocycles. The average molecular weight is 225 g/mol. The predicted octanol–water partition coefficient (Wildman–Crippen LogP) is 3.21. The second-order valence-corrected chi connectivity index (χ2v) is 4.61. The summed E-state index contributed by atoms with van der Waals surface area (Å²) in [5.41, 5.74) is 0.853. The molecule has 0 aliphatic heterocycles. The van der Waals surface area contributed by atoms with Gasteiger partial charge in [-0.2, -0.15) is 0 Å². The van der Waals surface area contributed by atoms with E-state index in [0.717, 1.165) is 12.1 Å². The summed E-state index contributed by atoms with van der Waals surface area (Å²) in [7, 11) is 0. The van der Waals surface area contributed by atoms with Crippen molar-refractivity contribution in [3.05, 3.63) is 35.4 Å². The molecule has 1 fully saturated rings. The molecular formula is C13H17F2N. The third-order valence-electron chi connectivity index (χ3n) is 3.33. The largest absolute Gasteiger partial charge is 0.313 e. The third kappa shape index (κ3) is 2.59. The van der Waals surface area contributed by atoms with Gasteiger partial charge >= 0.3 is 0 Å². The minimum absolute atomic E-state index is 0.218. The second-order valence-electron chi connectivity index (χ2n) is 4.61. The van der Waals surface area contributed by atoms with E-state index in [1.807, 2.05) is 6.92 Å². The first-order valence-corrected chi connectivity index (χ1v) is 5.85. The molecule has 1 aromatic rings. The molecule has 1 unspecified atom stereocenters. The molecule has 1 nitrogen and oxygen atoms in total. The summed E-state index contributed by atoms with van der Waals surface area (Å²) in [5.74, 6) is -1.31. The lowest BCUT2D eigenvalue weighted by molar-refractivity contribution is 0.334. The first kappa shape index (κ1) is 11.5. The molecule has 1 aromatic carbocycles. The summed E-state index contributed by atoms with van der Waals surface area (Å²) in [6.45, 7) is 2.86. The highest BCUT2D eigenvalue weighted by Crippen LogP contribution is 2.21. The van der Waals surface area contributed by atoms with E-state index in [0.29, 0.717) is 6.04 Å². The van der Waals surface area contributed by atoms with Gasteiger partial charge in [0.05, 0.1) is 0 Å². The molecule has 0 heterocycles. The van der Waals surface area contributed by atoms with Gasteiger partial charge in [-0.3, -0.25) is 0 Å². The molecule has 0 amide bonds. The molecule has 1 aliphatic carbocycles. The molecule has 1 N–H and O–H groups in total. The van der Waals surface area contributed by atoms with Crippen LogP contribution in [0.1, 0.15) is 37.7 Å². The van der Waals surface area contributed by atoms with Crippen molar-refractivity contribution in [2.75, 3.05) is 6.54 Å². The van der Waals surface area contributed by atoms with Crippen molar-refractivity contribution in [3.8, 4) is 0 Å². The SMILES string of the molecule is CC(CNC1CCC1)c1ccc(F)c(F)c1. The molecule has 3 heteroatoms. The van der Waals surface area contributed by atoms with Gasteiger partial charge in [-0.15, -0.1) is 0 Å². The van der Waals surface area contributed by atoms with Crippen LogP contribution in [0.3, 0.4) is 0 Å². The lowest BCUT2D eigenvalue weighted by Gasteiger charge is -2.28. The zero-order chi connectivity index (χ0) is 11.5. The van der Waals surface area contributed by atoms with Gasteiger partial charge in [-0.1, -0.05) is 19.4 Å². The Bertz CT molecular complexity index is 361. The van der Waals surface area contributed by atoms with Crippen LogP contribution < -0.4 is 5.32 Å². The van der Waals surface area contributed by atoms with E-state index >= 15 is 0 Å². The molecule has 0 spiro atoms. The van der Waals surface area contributed by atoms with Crippen LogP contribution in [0.2, 0.25) is 0 Å². The van der Waals surface area contributed by atoms with E-state index in [2.05, 4.69) is 5.32 Å². The number of rotatable bonds is 4. The number of halogens is 2. The quantitative estimate of drug-likeness (QED) is 0.829. The van der Waals surface area contributed by atoms with Crippen molar-refractivity contribution in [1.29, 1.82) is 0 Å². The fraction of sp³-hybridized carbons (Fsp3) is 0.538. The van der Waals surface area contributed by atoms with Gasteiger partial charge in [0.25, 0.3) is 0 Å². The highest BCUT2D eigenvalue weighted by atomic mass is 19.2. The fourth-order valence-corrected chi connectivity index (χ4v) is 1.89. The number of nitrogens with one attached hydrogen (secondary N) is 1. The van der Waals surface area contributed by atoms with Crippen LogP contribution >= 0.6 is 0 Å². The molecule has 16 heavy (non-hydrogen) atoms. The van der Waals surface area contributed by atoms with Gasteiger partial charge < -0.3 is 5.32 Å². The molecule has 88 valence electrons. The third-order valence-corrected chi connectivity index (χ3v) is 3.33. The Balaban J connectivity index is 1.91. The summed E-state index contributed by atoms with van der Waals surface area (Å²) < 4.78 is 25.8. The van der Waals surface area contributed by atoms with E-state index in [-0.39, 0.29) is 5.92 Å². The normalized spacial score (nSPS) is 18.2. The standard InChI is InChI=1S/C13H17F2N/c1-9(8-16-11-3-2-4-11)10-5-6-12(14)13(15)7-10/h5-7,9,11,16H,2-4,8H2,1H3. The van der Waals surface area contributed by atoms with Crippen LogP contribution in [0, 0.1) is 11.6 Å². The van der Waals surface area contributed by atoms with E-state index in [1.165, 1.54) is 31.4 Å². The molecular weight excluding hydrogens is 208 g/mol. The van der Waals surface area contributed by atoms with Crippen LogP contribution in [-0.2, 0) is 0 Å². The molecule has 1 atom stereocenters. The first-order valence-electron chi connectivity index (χ1n) is 5.85. The van der Waals surface area contributed by atoms with Crippen LogP contribution in [0.25, 0.3) is 0 Å². The van der Waals surface area contributed by atoms with Gasteiger partial charge in [0.1, 0.15) is 0 Å². The average Bonchev–Trinajstić information content (AvgIpc) is 2.19. The highest BCUT2D eigenvalue weighted by Gasteiger charge is 2.17. The van der Waals surface area contributed by atoms with E-state index in [1.54, 1.807) is 6.07 Å². The van der Waals surface area contributed by atoms with E-state index < -0.39 is 11.6 Å². The van der Waals surface area contributed by atoms with Crippen LogP contribution in [0.4, 0.5) is 8.78 Å². The van der Waals surface area contributed by atoms with Crippen LogP contribution in [0.5, 0.6) is 0 Å². The van der Waals surface area contributed by atoms with Crippen molar-refractivity contribution in [2.45, 2.75) is 38.1 Å². The van der Waals surface area contributed by atoms with Gasteiger partial charge in [0.2, 0.25) is 0 Å². The summed E-state index contributed by atoms with van der Waals surface area (Å²) in [5, 5.41) is 3.44. The van der Waals surface area contributed by atoms with Gasteiger partial charge in [0, 0.05) is 12.6 Å². The van der Waals surface area contributed by atoms with Crippen LogP contribution in [0.15, 0.2) is 18.2 Å². The fourth-order valence-electron chi connectivity index (χ4n) is 1.89. The Morgan fingerprint density at radius 3 is 2.62 bits per heavy atom. The molecule has 2 rings (SSSR count). The number of benzene rings is 1. The lowest BCUT2D eigenvalue weighted by atomic mass is 9.92. The Morgan fingerprint density at radius 2 is 2.06 bits per heavy atom. The maximum atomic E-state index is 13.0. The van der Waals surface area contributed by atoms with Crippen molar-refractivity contribution < 1.29 is 8.78 Å². The first-order chi connectivity index (χ1) is 7.66. The van der Waals surface area contributed by atoms with Crippen molar-refractivity contribution >= 4 is 0 Å². The number of hydrogen-bond acceptors (Lipinski definition) is 1. The highest BCUT2D eigenvalue weighted by molar-refractivity contribution is 5.21. The minimum Gasteiger partial charge on any atom is -0.313 e. The summed E-state index contributed by atoms with van der Waals surface area (Å²) in [4.78, 5) is 0. The lowest BCUT2D eigenvalue weighted by Crippen LogP contribution is -2.37. The van der Waals surface area contributed by atoms with Gasteiger partial charge in [0.15, 0.2) is 11.6 Å². The smallest absolute Gasteiger partial charge is 0.159 e. The summed E-state index contributed by atoms with van der Waals surface area (Å²) in [6, 6.07) is 4.78.